The second-order valence-corrected chi connectivity index (χ2v) is 5.06. The molecule has 2 aromatic carbocycles. The number of nitrogens with zero attached hydrogens (tertiary/aromatic N) is 1. The maximum atomic E-state index is 11.8. The number of hydrogen-bond acceptors (Lipinski definition) is 3. The highest BCUT2D eigenvalue weighted by atomic mass is 35.5. The number of rotatable bonds is 4. The number of anilines is 2. The molecular formula is C15H11Cl2N3O. The van der Waals surface area contributed by atoms with Gasteiger partial charge in [-0.15, -0.1) is 0 Å². The summed E-state index contributed by atoms with van der Waals surface area (Å²) >= 11 is 11.8. The first-order valence-electron chi connectivity index (χ1n) is 6.07. The first kappa shape index (κ1) is 15.2. The van der Waals surface area contributed by atoms with E-state index in [-0.39, 0.29) is 12.5 Å². The maximum absolute atomic E-state index is 11.8. The first-order valence-corrected chi connectivity index (χ1v) is 6.83. The highest BCUT2D eigenvalue weighted by Gasteiger charge is 2.05. The van der Waals surface area contributed by atoms with E-state index in [0.29, 0.717) is 27.0 Å². The number of amides is 1. The number of hydrogen-bond donors (Lipinski definition) is 2. The zero-order valence-electron chi connectivity index (χ0n) is 10.9. The summed E-state index contributed by atoms with van der Waals surface area (Å²) in [4.78, 5) is 11.8. The van der Waals surface area contributed by atoms with Gasteiger partial charge in [0.2, 0.25) is 5.91 Å². The average Bonchev–Trinajstić information content (AvgIpc) is 2.46. The van der Waals surface area contributed by atoms with Gasteiger partial charge in [-0.05, 0) is 36.4 Å². The molecule has 0 unspecified atom stereocenters. The van der Waals surface area contributed by atoms with Crippen LogP contribution in [0.1, 0.15) is 5.56 Å². The van der Waals surface area contributed by atoms with Crippen molar-refractivity contribution in [3.05, 3.63) is 58.1 Å². The number of carbonyl (C=O) groups excluding carboxylic acids is 1. The molecule has 6 heteroatoms. The van der Waals surface area contributed by atoms with Crippen LogP contribution in [0.25, 0.3) is 0 Å². The monoisotopic (exact) mass is 319 g/mol. The third-order valence-corrected chi connectivity index (χ3v) is 3.19. The van der Waals surface area contributed by atoms with Gasteiger partial charge in [0.05, 0.1) is 28.9 Å². The molecule has 0 radical (unpaired) electrons. The molecule has 21 heavy (non-hydrogen) atoms. The van der Waals surface area contributed by atoms with Crippen LogP contribution in [-0.4, -0.2) is 12.5 Å². The Hall–Kier alpha value is -2.22. The van der Waals surface area contributed by atoms with Crippen LogP contribution >= 0.6 is 23.2 Å². The topological polar surface area (TPSA) is 64.9 Å². The van der Waals surface area contributed by atoms with Crippen LogP contribution < -0.4 is 10.6 Å². The molecule has 106 valence electrons. The van der Waals surface area contributed by atoms with Crippen molar-refractivity contribution >= 4 is 40.5 Å². The van der Waals surface area contributed by atoms with Crippen LogP contribution in [0, 0.1) is 11.3 Å². The van der Waals surface area contributed by atoms with Crippen LogP contribution in [0.2, 0.25) is 10.0 Å². The summed E-state index contributed by atoms with van der Waals surface area (Å²) in [6.07, 6.45) is 0. The lowest BCUT2D eigenvalue weighted by molar-refractivity contribution is -0.114. The highest BCUT2D eigenvalue weighted by molar-refractivity contribution is 6.36. The SMILES string of the molecule is N#Cc1cccc(NC(=O)CNc2ccc(Cl)cc2Cl)c1. The Morgan fingerprint density at radius 1 is 1.19 bits per heavy atom. The van der Waals surface area contributed by atoms with E-state index in [1.165, 1.54) is 0 Å². The number of nitrogens with one attached hydrogen (secondary N) is 2. The Kier molecular flexibility index (Phi) is 5.04. The van der Waals surface area contributed by atoms with Gasteiger partial charge in [-0.2, -0.15) is 5.26 Å². The van der Waals surface area contributed by atoms with Crippen molar-refractivity contribution in [2.24, 2.45) is 0 Å². The molecular weight excluding hydrogens is 309 g/mol. The summed E-state index contributed by atoms with van der Waals surface area (Å²) < 4.78 is 0. The summed E-state index contributed by atoms with van der Waals surface area (Å²) in [5.41, 5.74) is 1.69. The molecule has 0 atom stereocenters. The molecule has 4 nitrogen and oxygen atoms in total. The van der Waals surface area contributed by atoms with Gasteiger partial charge in [-0.25, -0.2) is 0 Å². The molecule has 0 spiro atoms. The molecule has 2 N–H and O–H groups in total. The lowest BCUT2D eigenvalue weighted by atomic mass is 10.2. The van der Waals surface area contributed by atoms with Crippen molar-refractivity contribution in [3.63, 3.8) is 0 Å². The molecule has 2 rings (SSSR count). The lowest BCUT2D eigenvalue weighted by Crippen LogP contribution is -2.21. The third kappa shape index (κ3) is 4.38. The zero-order valence-corrected chi connectivity index (χ0v) is 12.4. The second-order valence-electron chi connectivity index (χ2n) is 4.22. The Balaban J connectivity index is 1.94. The van der Waals surface area contributed by atoms with Crippen molar-refractivity contribution < 1.29 is 4.79 Å². The zero-order chi connectivity index (χ0) is 15.2. The van der Waals surface area contributed by atoms with Crippen LogP contribution in [0.5, 0.6) is 0 Å². The molecule has 0 saturated carbocycles. The standard InChI is InChI=1S/C15H11Cl2N3O/c16-11-4-5-14(13(17)7-11)19-9-15(21)20-12-3-1-2-10(6-12)8-18/h1-7,19H,9H2,(H,20,21). The minimum Gasteiger partial charge on any atom is -0.375 e. The number of carbonyl (C=O) groups is 1. The average molecular weight is 320 g/mol. The van der Waals surface area contributed by atoms with Gasteiger partial charge in [0.1, 0.15) is 0 Å². The molecule has 1 amide bonds. The molecule has 0 aliphatic heterocycles. The summed E-state index contributed by atoms with van der Waals surface area (Å²) in [7, 11) is 0. The molecule has 0 saturated heterocycles. The van der Waals surface area contributed by atoms with Crippen molar-refractivity contribution in [1.82, 2.24) is 0 Å². The van der Waals surface area contributed by atoms with E-state index < -0.39 is 0 Å². The Labute approximate surface area is 132 Å². The van der Waals surface area contributed by atoms with E-state index in [4.69, 9.17) is 28.5 Å². The minimum atomic E-state index is -0.240. The second kappa shape index (κ2) is 6.98. The van der Waals surface area contributed by atoms with Crippen LogP contribution in [0.4, 0.5) is 11.4 Å². The molecule has 0 fully saturated rings. The normalized spacial score (nSPS) is 9.76. The third-order valence-electron chi connectivity index (χ3n) is 2.65. The molecule has 0 bridgehead atoms. The predicted octanol–water partition coefficient (Wildman–Crippen LogP) is 3.92. The summed E-state index contributed by atoms with van der Waals surface area (Å²) in [6, 6.07) is 13.7. The fraction of sp³-hybridized carbons (Fsp3) is 0.0667. The van der Waals surface area contributed by atoms with E-state index in [0.717, 1.165) is 0 Å². The number of nitriles is 1. The van der Waals surface area contributed by atoms with E-state index in [1.807, 2.05) is 6.07 Å². The fourth-order valence-corrected chi connectivity index (χ4v) is 2.16. The fourth-order valence-electron chi connectivity index (χ4n) is 1.68. The first-order chi connectivity index (χ1) is 10.1. The van der Waals surface area contributed by atoms with Crippen molar-refractivity contribution in [1.29, 1.82) is 5.26 Å². The quantitative estimate of drug-likeness (QED) is 0.897. The van der Waals surface area contributed by atoms with Crippen molar-refractivity contribution in [3.8, 4) is 6.07 Å². The predicted molar refractivity (Wildman–Crippen MR) is 84.7 cm³/mol. The summed E-state index contributed by atoms with van der Waals surface area (Å²) in [5.74, 6) is -0.240. The van der Waals surface area contributed by atoms with Gasteiger partial charge in [0.25, 0.3) is 0 Å². The highest BCUT2D eigenvalue weighted by Crippen LogP contribution is 2.25. The van der Waals surface area contributed by atoms with Gasteiger partial charge in [-0.1, -0.05) is 29.3 Å². The van der Waals surface area contributed by atoms with E-state index in [9.17, 15) is 4.79 Å². The van der Waals surface area contributed by atoms with E-state index in [1.54, 1.807) is 42.5 Å². The van der Waals surface area contributed by atoms with Gasteiger partial charge in [-0.3, -0.25) is 4.79 Å². The van der Waals surface area contributed by atoms with Crippen molar-refractivity contribution in [2.75, 3.05) is 17.2 Å². The molecule has 0 aliphatic rings. The largest absolute Gasteiger partial charge is 0.375 e. The van der Waals surface area contributed by atoms with Crippen LogP contribution in [0.3, 0.4) is 0 Å². The lowest BCUT2D eigenvalue weighted by Gasteiger charge is -2.09. The Morgan fingerprint density at radius 3 is 2.71 bits per heavy atom. The summed E-state index contributed by atoms with van der Waals surface area (Å²) in [6.45, 7) is 0.0537. The Morgan fingerprint density at radius 2 is 2.00 bits per heavy atom. The molecule has 0 aromatic heterocycles. The van der Waals surface area contributed by atoms with E-state index in [2.05, 4.69) is 10.6 Å². The van der Waals surface area contributed by atoms with E-state index >= 15 is 0 Å². The summed E-state index contributed by atoms with van der Waals surface area (Å²) in [5, 5.41) is 15.4. The molecule has 2 aromatic rings. The molecule has 0 aliphatic carbocycles. The number of benzene rings is 2. The van der Waals surface area contributed by atoms with Gasteiger partial charge in [0.15, 0.2) is 0 Å². The minimum absolute atomic E-state index is 0.0537. The maximum Gasteiger partial charge on any atom is 0.243 e. The van der Waals surface area contributed by atoms with Crippen LogP contribution in [-0.2, 0) is 4.79 Å². The number of halogens is 2. The van der Waals surface area contributed by atoms with Gasteiger partial charge in [0, 0.05) is 10.7 Å². The van der Waals surface area contributed by atoms with Crippen LogP contribution in [0.15, 0.2) is 42.5 Å². The molecule has 0 heterocycles. The van der Waals surface area contributed by atoms with Gasteiger partial charge < -0.3 is 10.6 Å². The smallest absolute Gasteiger partial charge is 0.243 e. The van der Waals surface area contributed by atoms with Gasteiger partial charge >= 0.3 is 0 Å². The van der Waals surface area contributed by atoms with Crippen molar-refractivity contribution in [2.45, 2.75) is 0 Å². The Bertz CT molecular complexity index is 710.